The molecule has 140 valence electrons. The van der Waals surface area contributed by atoms with E-state index in [9.17, 15) is 4.79 Å². The second-order valence-corrected chi connectivity index (χ2v) is 8.35. The number of nitrogens with zero attached hydrogens (tertiary/aromatic N) is 2. The van der Waals surface area contributed by atoms with Crippen molar-refractivity contribution in [1.82, 2.24) is 15.4 Å². The molecule has 2 fully saturated rings. The third-order valence-corrected chi connectivity index (χ3v) is 6.24. The summed E-state index contributed by atoms with van der Waals surface area (Å²) < 4.78 is 11.5. The minimum absolute atomic E-state index is 0.00679. The van der Waals surface area contributed by atoms with Gasteiger partial charge in [0.25, 0.3) is 5.91 Å². The first-order chi connectivity index (χ1) is 12.5. The van der Waals surface area contributed by atoms with Gasteiger partial charge in [-0.3, -0.25) is 9.69 Å². The van der Waals surface area contributed by atoms with Crippen molar-refractivity contribution < 1.29 is 14.1 Å². The number of thiophene rings is 1. The van der Waals surface area contributed by atoms with Crippen molar-refractivity contribution in [1.29, 1.82) is 0 Å². The molecule has 2 aliphatic heterocycles. The summed E-state index contributed by atoms with van der Waals surface area (Å²) in [4.78, 5) is 14.4. The minimum Gasteiger partial charge on any atom is -0.372 e. The summed E-state index contributed by atoms with van der Waals surface area (Å²) in [7, 11) is 0. The van der Waals surface area contributed by atoms with Gasteiger partial charge in [-0.25, -0.2) is 0 Å². The van der Waals surface area contributed by atoms with Crippen molar-refractivity contribution >= 4 is 17.2 Å². The second-order valence-electron chi connectivity index (χ2n) is 7.57. The molecule has 6 nitrogen and oxygen atoms in total. The van der Waals surface area contributed by atoms with Crippen molar-refractivity contribution in [3.8, 4) is 0 Å². The van der Waals surface area contributed by atoms with Crippen LogP contribution in [0.1, 0.15) is 40.2 Å². The van der Waals surface area contributed by atoms with Crippen molar-refractivity contribution in [3.05, 3.63) is 39.4 Å². The van der Waals surface area contributed by atoms with E-state index in [1.165, 1.54) is 5.56 Å². The molecule has 2 aromatic rings. The molecule has 4 rings (SSSR count). The lowest BCUT2D eigenvalue weighted by atomic mass is 9.82. The molecule has 1 spiro atoms. The number of ether oxygens (including phenoxy) is 1. The van der Waals surface area contributed by atoms with E-state index in [1.54, 1.807) is 11.3 Å². The van der Waals surface area contributed by atoms with Gasteiger partial charge < -0.3 is 14.6 Å². The van der Waals surface area contributed by atoms with E-state index in [0.29, 0.717) is 12.5 Å². The van der Waals surface area contributed by atoms with Crippen LogP contribution in [0, 0.1) is 19.8 Å². The van der Waals surface area contributed by atoms with Crippen molar-refractivity contribution in [2.24, 2.45) is 5.92 Å². The number of hydrogen-bond donors (Lipinski definition) is 1. The van der Waals surface area contributed by atoms with Crippen molar-refractivity contribution in [3.63, 3.8) is 0 Å². The van der Waals surface area contributed by atoms with Crippen LogP contribution in [-0.4, -0.2) is 47.8 Å². The van der Waals surface area contributed by atoms with E-state index in [-0.39, 0.29) is 11.5 Å². The van der Waals surface area contributed by atoms with Gasteiger partial charge in [-0.15, -0.1) is 0 Å². The fourth-order valence-corrected chi connectivity index (χ4v) is 4.53. The van der Waals surface area contributed by atoms with Gasteiger partial charge in [0, 0.05) is 42.7 Å². The quantitative estimate of drug-likeness (QED) is 0.870. The summed E-state index contributed by atoms with van der Waals surface area (Å²) >= 11 is 1.54. The Bertz CT molecular complexity index is 736. The normalized spacial score (nSPS) is 22.3. The van der Waals surface area contributed by atoms with E-state index in [4.69, 9.17) is 9.26 Å². The Morgan fingerprint density at radius 1 is 1.46 bits per heavy atom. The van der Waals surface area contributed by atoms with Gasteiger partial charge >= 0.3 is 0 Å². The first-order valence-electron chi connectivity index (χ1n) is 9.13. The summed E-state index contributed by atoms with van der Waals surface area (Å²) in [6.45, 7) is 8.18. The number of likely N-dealkylation sites (tertiary alicyclic amines) is 1. The number of aromatic nitrogens is 1. The topological polar surface area (TPSA) is 67.6 Å². The predicted octanol–water partition coefficient (Wildman–Crippen LogP) is 2.76. The molecular formula is C19H25N3O3S. The molecule has 4 heterocycles. The highest BCUT2D eigenvalue weighted by molar-refractivity contribution is 7.08. The molecule has 0 bridgehead atoms. The van der Waals surface area contributed by atoms with Gasteiger partial charge in [-0.05, 0) is 44.1 Å². The highest BCUT2D eigenvalue weighted by atomic mass is 32.1. The van der Waals surface area contributed by atoms with Gasteiger partial charge in [0.1, 0.15) is 5.76 Å². The third kappa shape index (κ3) is 3.56. The Labute approximate surface area is 157 Å². The molecule has 2 aliphatic rings. The molecule has 7 heteroatoms. The Balaban J connectivity index is 1.20. The maximum Gasteiger partial charge on any atom is 0.252 e. The van der Waals surface area contributed by atoms with Crippen LogP contribution >= 0.6 is 11.3 Å². The number of aryl methyl sites for hydroxylation is 2. The van der Waals surface area contributed by atoms with Crippen molar-refractivity contribution in [2.75, 3.05) is 26.2 Å². The molecule has 0 aromatic carbocycles. The first-order valence-corrected chi connectivity index (χ1v) is 10.1. The van der Waals surface area contributed by atoms with Crippen LogP contribution in [0.3, 0.4) is 0 Å². The van der Waals surface area contributed by atoms with E-state index >= 15 is 0 Å². The van der Waals surface area contributed by atoms with E-state index in [0.717, 1.165) is 56.1 Å². The molecule has 26 heavy (non-hydrogen) atoms. The molecule has 2 aromatic heterocycles. The molecule has 0 aliphatic carbocycles. The van der Waals surface area contributed by atoms with Gasteiger partial charge in [0.15, 0.2) is 0 Å². The lowest BCUT2D eigenvalue weighted by Crippen LogP contribution is -2.64. The molecule has 1 unspecified atom stereocenters. The van der Waals surface area contributed by atoms with E-state index in [1.807, 2.05) is 30.7 Å². The van der Waals surface area contributed by atoms with Gasteiger partial charge in [-0.2, -0.15) is 11.3 Å². The second kappa shape index (κ2) is 7.13. The van der Waals surface area contributed by atoms with E-state index in [2.05, 4.69) is 15.4 Å². The number of amides is 1. The summed E-state index contributed by atoms with van der Waals surface area (Å²) in [6.07, 6.45) is 2.16. The third-order valence-electron chi connectivity index (χ3n) is 5.55. The highest BCUT2D eigenvalue weighted by Crippen LogP contribution is 2.37. The molecule has 0 radical (unpaired) electrons. The van der Waals surface area contributed by atoms with Gasteiger partial charge in [-0.1, -0.05) is 5.16 Å². The Morgan fingerprint density at radius 3 is 2.92 bits per heavy atom. The largest absolute Gasteiger partial charge is 0.372 e. The van der Waals surface area contributed by atoms with Gasteiger partial charge in [0.05, 0.1) is 17.9 Å². The standard InChI is InChI=1S/C19H25N3O3S/c1-13-17(14(2)25-21-13)8-22-11-19(12-22)5-3-15(9-24-19)7-20-18(23)16-4-6-26-10-16/h4,6,10,15H,3,5,7-9,11-12H2,1-2H3,(H,20,23). The number of carbonyl (C=O) groups is 1. The van der Waals surface area contributed by atoms with Crippen LogP contribution in [0.5, 0.6) is 0 Å². The zero-order chi connectivity index (χ0) is 18.1. The van der Waals surface area contributed by atoms with Crippen molar-refractivity contribution in [2.45, 2.75) is 38.8 Å². The smallest absolute Gasteiger partial charge is 0.252 e. The summed E-state index contributed by atoms with van der Waals surface area (Å²) in [5, 5.41) is 10.9. The Kier molecular flexibility index (Phi) is 4.86. The zero-order valence-corrected chi connectivity index (χ0v) is 16.1. The number of rotatable bonds is 5. The van der Waals surface area contributed by atoms with Gasteiger partial charge in [0.2, 0.25) is 0 Å². The molecule has 0 saturated carbocycles. The SMILES string of the molecule is Cc1noc(C)c1CN1CC2(CCC(CNC(=O)c3ccsc3)CO2)C1. The predicted molar refractivity (Wildman–Crippen MR) is 99.3 cm³/mol. The maximum absolute atomic E-state index is 12.0. The van der Waals surface area contributed by atoms with E-state index < -0.39 is 0 Å². The zero-order valence-electron chi connectivity index (χ0n) is 15.3. The number of carbonyl (C=O) groups excluding carboxylic acids is 1. The van der Waals surface area contributed by atoms with Crippen LogP contribution in [-0.2, 0) is 11.3 Å². The first kappa shape index (κ1) is 17.7. The number of nitrogens with one attached hydrogen (secondary N) is 1. The molecule has 2 saturated heterocycles. The fraction of sp³-hybridized carbons (Fsp3) is 0.579. The number of hydrogen-bond acceptors (Lipinski definition) is 6. The Morgan fingerprint density at radius 2 is 2.31 bits per heavy atom. The molecule has 1 atom stereocenters. The fourth-order valence-electron chi connectivity index (χ4n) is 3.89. The van der Waals surface area contributed by atoms with Crippen LogP contribution < -0.4 is 5.32 Å². The Hall–Kier alpha value is -1.70. The molecular weight excluding hydrogens is 350 g/mol. The average Bonchev–Trinajstić information content (AvgIpc) is 3.25. The summed E-state index contributed by atoms with van der Waals surface area (Å²) in [6, 6.07) is 1.86. The lowest BCUT2D eigenvalue weighted by Gasteiger charge is -2.53. The van der Waals surface area contributed by atoms with Crippen LogP contribution in [0.2, 0.25) is 0 Å². The van der Waals surface area contributed by atoms with Crippen LogP contribution in [0.15, 0.2) is 21.3 Å². The van der Waals surface area contributed by atoms with Crippen LogP contribution in [0.25, 0.3) is 0 Å². The molecule has 1 amide bonds. The highest BCUT2D eigenvalue weighted by Gasteiger charge is 2.46. The monoisotopic (exact) mass is 375 g/mol. The van der Waals surface area contributed by atoms with Crippen LogP contribution in [0.4, 0.5) is 0 Å². The molecule has 1 N–H and O–H groups in total. The maximum atomic E-state index is 12.0. The summed E-state index contributed by atoms with van der Waals surface area (Å²) in [5.74, 6) is 1.33. The summed E-state index contributed by atoms with van der Waals surface area (Å²) in [5.41, 5.74) is 2.93. The average molecular weight is 375 g/mol. The lowest BCUT2D eigenvalue weighted by molar-refractivity contribution is -0.181. The minimum atomic E-state index is 0.00679.